The van der Waals surface area contributed by atoms with Crippen LogP contribution in [0.25, 0.3) is 0 Å². The van der Waals surface area contributed by atoms with Crippen LogP contribution in [0.15, 0.2) is 11.6 Å². The molecule has 62 valence electrons. The van der Waals surface area contributed by atoms with Gasteiger partial charge in [-0.25, -0.2) is 0 Å². The van der Waals surface area contributed by atoms with Gasteiger partial charge < -0.3 is 5.32 Å². The van der Waals surface area contributed by atoms with E-state index >= 15 is 0 Å². The van der Waals surface area contributed by atoms with Gasteiger partial charge in [0.15, 0.2) is 0 Å². The summed E-state index contributed by atoms with van der Waals surface area (Å²) in [4.78, 5) is 11.2. The first-order chi connectivity index (χ1) is 5.20. The summed E-state index contributed by atoms with van der Waals surface area (Å²) in [5.41, 5.74) is 0.964. The van der Waals surface area contributed by atoms with Crippen LogP contribution >= 0.6 is 0 Å². The summed E-state index contributed by atoms with van der Waals surface area (Å²) in [7, 11) is 0. The predicted molar refractivity (Wildman–Crippen MR) is 45.2 cm³/mol. The third-order valence-electron chi connectivity index (χ3n) is 1.73. The average molecular weight is 153 g/mol. The Kier molecular flexibility index (Phi) is 2.69. The lowest BCUT2D eigenvalue weighted by Crippen LogP contribution is -2.30. The van der Waals surface area contributed by atoms with Gasteiger partial charge in [-0.15, -0.1) is 0 Å². The van der Waals surface area contributed by atoms with Gasteiger partial charge in [0, 0.05) is 12.1 Å². The fourth-order valence-electron chi connectivity index (χ4n) is 1.27. The van der Waals surface area contributed by atoms with Crippen molar-refractivity contribution in [2.45, 2.75) is 26.7 Å². The fourth-order valence-corrected chi connectivity index (χ4v) is 1.27. The molecule has 0 bridgehead atoms. The zero-order valence-corrected chi connectivity index (χ0v) is 7.18. The van der Waals surface area contributed by atoms with E-state index in [0.717, 1.165) is 25.0 Å². The second-order valence-corrected chi connectivity index (χ2v) is 3.30. The van der Waals surface area contributed by atoms with Crippen molar-refractivity contribution >= 4 is 5.91 Å². The van der Waals surface area contributed by atoms with Crippen molar-refractivity contribution < 1.29 is 4.79 Å². The van der Waals surface area contributed by atoms with E-state index in [1.54, 1.807) is 0 Å². The van der Waals surface area contributed by atoms with E-state index < -0.39 is 0 Å². The number of carbonyl (C=O) groups is 1. The molecule has 0 spiro atoms. The average Bonchev–Trinajstić information content (AvgIpc) is 1.93. The molecule has 1 heterocycles. The third kappa shape index (κ3) is 2.37. The normalized spacial score (nSPS) is 22.5. The lowest BCUT2D eigenvalue weighted by molar-refractivity contribution is -0.118. The molecule has 0 unspecified atom stereocenters. The van der Waals surface area contributed by atoms with Crippen LogP contribution in [0, 0.1) is 5.92 Å². The molecule has 0 aromatic carbocycles. The number of piperidine rings is 1. The summed E-state index contributed by atoms with van der Waals surface area (Å²) in [6.07, 6.45) is 4.09. The Morgan fingerprint density at radius 1 is 1.55 bits per heavy atom. The Bertz CT molecular complexity index is 182. The molecule has 1 aliphatic heterocycles. The number of hydrogen-bond acceptors (Lipinski definition) is 1. The molecule has 11 heavy (non-hydrogen) atoms. The molecule has 0 aromatic rings. The molecule has 0 aromatic heterocycles. The van der Waals surface area contributed by atoms with Crippen LogP contribution < -0.4 is 5.32 Å². The number of rotatable bonds is 1. The quantitative estimate of drug-likeness (QED) is 0.568. The minimum Gasteiger partial charge on any atom is -0.352 e. The van der Waals surface area contributed by atoms with Crippen molar-refractivity contribution in [1.82, 2.24) is 5.32 Å². The van der Waals surface area contributed by atoms with Crippen LogP contribution in [0.1, 0.15) is 26.7 Å². The standard InChI is InChI=1S/C9H15NO/c1-7(2)6-8-4-3-5-10-9(8)11/h6-7H,3-5H2,1-2H3,(H,10,11)/b8-6-. The molecule has 2 nitrogen and oxygen atoms in total. The van der Waals surface area contributed by atoms with Crippen molar-refractivity contribution in [3.05, 3.63) is 11.6 Å². The van der Waals surface area contributed by atoms with Crippen LogP contribution in [-0.4, -0.2) is 12.5 Å². The smallest absolute Gasteiger partial charge is 0.246 e. The molecule has 1 aliphatic rings. The molecular formula is C9H15NO. The maximum atomic E-state index is 11.2. The highest BCUT2D eigenvalue weighted by Gasteiger charge is 2.13. The Balaban J connectivity index is 2.61. The van der Waals surface area contributed by atoms with Crippen molar-refractivity contribution in [3.8, 4) is 0 Å². The molecule has 2 heteroatoms. The molecule has 0 atom stereocenters. The molecule has 1 rings (SSSR count). The molecule has 1 saturated heterocycles. The van der Waals surface area contributed by atoms with Crippen molar-refractivity contribution in [2.24, 2.45) is 5.92 Å². The Hall–Kier alpha value is -0.790. The van der Waals surface area contributed by atoms with Crippen LogP contribution in [0.3, 0.4) is 0 Å². The summed E-state index contributed by atoms with van der Waals surface area (Å²) in [6, 6.07) is 0. The maximum Gasteiger partial charge on any atom is 0.246 e. The minimum absolute atomic E-state index is 0.130. The van der Waals surface area contributed by atoms with E-state index in [2.05, 4.69) is 25.2 Å². The van der Waals surface area contributed by atoms with E-state index in [4.69, 9.17) is 0 Å². The van der Waals surface area contributed by atoms with Crippen LogP contribution in [0.4, 0.5) is 0 Å². The Morgan fingerprint density at radius 3 is 2.82 bits per heavy atom. The SMILES string of the molecule is CC(C)/C=C1/CCCNC1=O. The lowest BCUT2D eigenvalue weighted by Gasteiger charge is -2.15. The van der Waals surface area contributed by atoms with Gasteiger partial charge in [-0.1, -0.05) is 19.9 Å². The summed E-state index contributed by atoms with van der Waals surface area (Å²) in [5.74, 6) is 0.610. The molecule has 0 radical (unpaired) electrons. The van der Waals surface area contributed by atoms with Crippen molar-refractivity contribution in [2.75, 3.05) is 6.54 Å². The second-order valence-electron chi connectivity index (χ2n) is 3.30. The molecule has 0 saturated carbocycles. The van der Waals surface area contributed by atoms with Gasteiger partial charge in [-0.2, -0.15) is 0 Å². The van der Waals surface area contributed by atoms with Gasteiger partial charge in [0.25, 0.3) is 0 Å². The number of allylic oxidation sites excluding steroid dienone is 1. The van der Waals surface area contributed by atoms with E-state index in [0.29, 0.717) is 5.92 Å². The van der Waals surface area contributed by atoms with Gasteiger partial charge in [0.2, 0.25) is 5.91 Å². The topological polar surface area (TPSA) is 29.1 Å². The van der Waals surface area contributed by atoms with E-state index in [-0.39, 0.29) is 5.91 Å². The first-order valence-corrected chi connectivity index (χ1v) is 4.19. The molecular weight excluding hydrogens is 138 g/mol. The van der Waals surface area contributed by atoms with Crippen LogP contribution in [0.2, 0.25) is 0 Å². The van der Waals surface area contributed by atoms with E-state index in [9.17, 15) is 4.79 Å². The maximum absolute atomic E-state index is 11.2. The monoisotopic (exact) mass is 153 g/mol. The first kappa shape index (κ1) is 8.31. The highest BCUT2D eigenvalue weighted by Crippen LogP contribution is 2.12. The largest absolute Gasteiger partial charge is 0.352 e. The predicted octanol–water partition coefficient (Wildman–Crippen LogP) is 1.48. The van der Waals surface area contributed by atoms with E-state index in [1.807, 2.05) is 0 Å². The summed E-state index contributed by atoms with van der Waals surface area (Å²) >= 11 is 0. The van der Waals surface area contributed by atoms with Gasteiger partial charge in [0.05, 0.1) is 0 Å². The molecule has 0 aliphatic carbocycles. The van der Waals surface area contributed by atoms with Gasteiger partial charge in [-0.3, -0.25) is 4.79 Å². The highest BCUT2D eigenvalue weighted by molar-refractivity contribution is 5.94. The van der Waals surface area contributed by atoms with Crippen molar-refractivity contribution in [1.29, 1.82) is 0 Å². The molecule has 1 N–H and O–H groups in total. The molecule has 1 amide bonds. The fraction of sp³-hybridized carbons (Fsp3) is 0.667. The minimum atomic E-state index is 0.130. The Morgan fingerprint density at radius 2 is 2.27 bits per heavy atom. The Labute approximate surface area is 67.7 Å². The van der Waals surface area contributed by atoms with E-state index in [1.165, 1.54) is 0 Å². The number of nitrogens with one attached hydrogen (secondary N) is 1. The number of carbonyl (C=O) groups excluding carboxylic acids is 1. The lowest BCUT2D eigenvalue weighted by atomic mass is 10.0. The van der Waals surface area contributed by atoms with Crippen LogP contribution in [-0.2, 0) is 4.79 Å². The highest BCUT2D eigenvalue weighted by atomic mass is 16.1. The van der Waals surface area contributed by atoms with Crippen LogP contribution in [0.5, 0.6) is 0 Å². The van der Waals surface area contributed by atoms with Gasteiger partial charge in [-0.05, 0) is 18.8 Å². The molecule has 1 fully saturated rings. The van der Waals surface area contributed by atoms with Crippen molar-refractivity contribution in [3.63, 3.8) is 0 Å². The number of hydrogen-bond donors (Lipinski definition) is 1. The van der Waals surface area contributed by atoms with Gasteiger partial charge in [0.1, 0.15) is 0 Å². The van der Waals surface area contributed by atoms with Gasteiger partial charge >= 0.3 is 0 Å². The summed E-state index contributed by atoms with van der Waals surface area (Å²) < 4.78 is 0. The zero-order valence-electron chi connectivity index (χ0n) is 7.18. The first-order valence-electron chi connectivity index (χ1n) is 4.19. The second kappa shape index (κ2) is 3.56. The zero-order chi connectivity index (χ0) is 8.27. The summed E-state index contributed by atoms with van der Waals surface area (Å²) in [5, 5.41) is 2.83. The number of amides is 1. The third-order valence-corrected chi connectivity index (χ3v) is 1.73. The summed E-state index contributed by atoms with van der Waals surface area (Å²) in [6.45, 7) is 5.03.